The summed E-state index contributed by atoms with van der Waals surface area (Å²) in [6.45, 7) is 3.35. The van der Waals surface area contributed by atoms with Crippen LogP contribution in [0, 0.1) is 0 Å². The number of Topliss-reactive ketones (excluding diaryl/α,β-unsaturated/α-hetero) is 1. The van der Waals surface area contributed by atoms with Crippen LogP contribution in [0.5, 0.6) is 0 Å². The average Bonchev–Trinajstić information content (AvgIpc) is 2.34. The maximum absolute atomic E-state index is 10.7. The van der Waals surface area contributed by atoms with E-state index in [-0.39, 0.29) is 5.78 Å². The van der Waals surface area contributed by atoms with E-state index in [0.717, 1.165) is 5.66 Å². The number of furan rings is 1. The molecule has 0 bridgehead atoms. The largest absolute Gasteiger partial charge is 0.469 e. The summed E-state index contributed by atoms with van der Waals surface area (Å²) < 4.78 is 5.09. The summed E-state index contributed by atoms with van der Waals surface area (Å²) in [6.07, 6.45) is 0. The summed E-state index contributed by atoms with van der Waals surface area (Å²) in [4.78, 5) is 10.7. The van der Waals surface area contributed by atoms with Gasteiger partial charge in [0.2, 0.25) is 0 Å². The fourth-order valence-corrected chi connectivity index (χ4v) is 0.697. The Balaban J connectivity index is 2.88. The fraction of sp³-hybridized carbons (Fsp3) is 0.286. The van der Waals surface area contributed by atoms with E-state index in [1.807, 2.05) is 14.1 Å². The van der Waals surface area contributed by atoms with Gasteiger partial charge in [0.25, 0.3) is 0 Å². The molecule has 10 heavy (non-hydrogen) atoms. The number of carbonyl (C=O) groups excluding carboxylic acids is 1. The molecular formula is C7H8BO2. The Kier molecular flexibility index (Phi) is 1.95. The van der Waals surface area contributed by atoms with Crippen LogP contribution in [0.4, 0.5) is 0 Å². The molecule has 51 valence electrons. The topological polar surface area (TPSA) is 30.2 Å². The van der Waals surface area contributed by atoms with Crippen LogP contribution in [0.15, 0.2) is 16.5 Å². The first kappa shape index (κ1) is 7.13. The third-order valence-electron chi connectivity index (χ3n) is 1.26. The van der Waals surface area contributed by atoms with Crippen LogP contribution in [0.2, 0.25) is 6.82 Å². The summed E-state index contributed by atoms with van der Waals surface area (Å²) >= 11 is 0. The van der Waals surface area contributed by atoms with Crippen LogP contribution in [-0.4, -0.2) is 13.1 Å². The second-order valence-electron chi connectivity index (χ2n) is 2.05. The molecule has 1 heterocycles. The molecule has 1 radical (unpaired) electrons. The predicted molar refractivity (Wildman–Crippen MR) is 40.0 cm³/mol. The maximum Gasteiger partial charge on any atom is 0.198 e. The quantitative estimate of drug-likeness (QED) is 0.444. The van der Waals surface area contributed by atoms with Crippen molar-refractivity contribution in [3.63, 3.8) is 0 Å². The zero-order valence-electron chi connectivity index (χ0n) is 6.05. The first-order valence-electron chi connectivity index (χ1n) is 3.14. The molecule has 0 saturated heterocycles. The Hall–Kier alpha value is -0.985. The minimum Gasteiger partial charge on any atom is -0.469 e. The molecule has 0 spiro atoms. The molecule has 0 N–H and O–H groups in total. The van der Waals surface area contributed by atoms with Gasteiger partial charge in [0.15, 0.2) is 18.8 Å². The van der Waals surface area contributed by atoms with Gasteiger partial charge in [0.1, 0.15) is 0 Å². The average molecular weight is 135 g/mol. The highest BCUT2D eigenvalue weighted by Gasteiger charge is 2.03. The van der Waals surface area contributed by atoms with Crippen LogP contribution in [0.1, 0.15) is 17.5 Å². The number of hydrogen-bond acceptors (Lipinski definition) is 2. The molecule has 0 aliphatic heterocycles. The zero-order valence-corrected chi connectivity index (χ0v) is 6.05. The summed E-state index contributed by atoms with van der Waals surface area (Å²) in [5, 5.41) is 0. The highest BCUT2D eigenvalue weighted by Crippen LogP contribution is 1.97. The molecule has 0 aliphatic carbocycles. The maximum atomic E-state index is 10.7. The molecule has 2 nitrogen and oxygen atoms in total. The van der Waals surface area contributed by atoms with Crippen molar-refractivity contribution in [1.82, 2.24) is 0 Å². The van der Waals surface area contributed by atoms with Gasteiger partial charge in [0.05, 0.1) is 5.66 Å². The first-order valence-corrected chi connectivity index (χ1v) is 3.14. The third-order valence-corrected chi connectivity index (χ3v) is 1.26. The number of carbonyl (C=O) groups is 1. The number of hydrogen-bond donors (Lipinski definition) is 0. The van der Waals surface area contributed by atoms with Gasteiger partial charge in [-0.1, -0.05) is 6.82 Å². The van der Waals surface area contributed by atoms with Crippen molar-refractivity contribution in [2.24, 2.45) is 0 Å². The molecule has 0 fully saturated rings. The van der Waals surface area contributed by atoms with E-state index in [4.69, 9.17) is 4.42 Å². The van der Waals surface area contributed by atoms with Crippen molar-refractivity contribution in [2.75, 3.05) is 0 Å². The molecule has 3 heteroatoms. The Bertz CT molecular complexity index is 240. The minimum absolute atomic E-state index is 0.0342. The normalized spacial score (nSPS) is 9.40. The molecular weight excluding hydrogens is 127 g/mol. The van der Waals surface area contributed by atoms with E-state index in [1.165, 1.54) is 6.92 Å². The zero-order chi connectivity index (χ0) is 7.56. The monoisotopic (exact) mass is 135 g/mol. The Morgan fingerprint density at radius 2 is 2.30 bits per heavy atom. The van der Waals surface area contributed by atoms with Crippen LogP contribution in [0.25, 0.3) is 0 Å². The van der Waals surface area contributed by atoms with Crippen molar-refractivity contribution in [3.8, 4) is 0 Å². The molecule has 1 rings (SSSR count). The fourth-order valence-electron chi connectivity index (χ4n) is 0.697. The van der Waals surface area contributed by atoms with E-state index in [0.29, 0.717) is 5.76 Å². The van der Waals surface area contributed by atoms with E-state index in [9.17, 15) is 4.79 Å². The van der Waals surface area contributed by atoms with Gasteiger partial charge in [-0.15, -0.1) is 0 Å². The van der Waals surface area contributed by atoms with Gasteiger partial charge in [-0.25, -0.2) is 0 Å². The molecule has 0 unspecified atom stereocenters. The summed E-state index contributed by atoms with van der Waals surface area (Å²) in [5.41, 5.74) is 0.741. The van der Waals surface area contributed by atoms with Gasteiger partial charge >= 0.3 is 0 Å². The molecule has 0 saturated carbocycles. The standard InChI is InChI=1S/C7H8BO2/c1-5(9)6-3-4-7(8-2)10-6/h3-4H,1-2H3. The smallest absolute Gasteiger partial charge is 0.198 e. The minimum atomic E-state index is -0.0342. The molecule has 0 amide bonds. The van der Waals surface area contributed by atoms with Crippen LogP contribution < -0.4 is 5.66 Å². The lowest BCUT2D eigenvalue weighted by Crippen LogP contribution is -2.05. The van der Waals surface area contributed by atoms with Crippen LogP contribution >= 0.6 is 0 Å². The second kappa shape index (κ2) is 2.73. The Morgan fingerprint density at radius 3 is 2.60 bits per heavy atom. The van der Waals surface area contributed by atoms with Crippen molar-refractivity contribution in [3.05, 3.63) is 17.9 Å². The van der Waals surface area contributed by atoms with Crippen molar-refractivity contribution >= 4 is 18.7 Å². The van der Waals surface area contributed by atoms with Crippen molar-refractivity contribution < 1.29 is 9.21 Å². The lowest BCUT2D eigenvalue weighted by atomic mass is 9.79. The molecule has 0 atom stereocenters. The van der Waals surface area contributed by atoms with Gasteiger partial charge in [-0.2, -0.15) is 0 Å². The van der Waals surface area contributed by atoms with E-state index < -0.39 is 0 Å². The van der Waals surface area contributed by atoms with Crippen LogP contribution in [-0.2, 0) is 0 Å². The SMILES string of the molecule is C[B]c1ccc(C(C)=O)o1. The Morgan fingerprint density at radius 1 is 1.60 bits per heavy atom. The second-order valence-corrected chi connectivity index (χ2v) is 2.05. The van der Waals surface area contributed by atoms with Crippen molar-refractivity contribution in [1.29, 1.82) is 0 Å². The number of ketones is 1. The molecule has 0 aromatic carbocycles. The number of rotatable bonds is 2. The summed E-state index contributed by atoms with van der Waals surface area (Å²) in [7, 11) is 1.81. The summed E-state index contributed by atoms with van der Waals surface area (Å²) in [6, 6.07) is 3.45. The van der Waals surface area contributed by atoms with Gasteiger partial charge in [0, 0.05) is 6.92 Å². The third kappa shape index (κ3) is 1.29. The van der Waals surface area contributed by atoms with Gasteiger partial charge < -0.3 is 4.42 Å². The lowest BCUT2D eigenvalue weighted by molar-refractivity contribution is 0.0988. The molecule has 0 aliphatic rings. The van der Waals surface area contributed by atoms with E-state index in [2.05, 4.69) is 0 Å². The highest BCUT2D eigenvalue weighted by atomic mass is 16.3. The van der Waals surface area contributed by atoms with E-state index >= 15 is 0 Å². The molecule has 1 aromatic rings. The summed E-state index contributed by atoms with van der Waals surface area (Å²) in [5.74, 6) is 0.390. The van der Waals surface area contributed by atoms with Crippen LogP contribution in [0.3, 0.4) is 0 Å². The highest BCUT2D eigenvalue weighted by molar-refractivity contribution is 6.50. The van der Waals surface area contributed by atoms with Gasteiger partial charge in [-0.05, 0) is 12.1 Å². The first-order chi connectivity index (χ1) is 4.74. The van der Waals surface area contributed by atoms with E-state index in [1.54, 1.807) is 12.1 Å². The van der Waals surface area contributed by atoms with Crippen molar-refractivity contribution in [2.45, 2.75) is 13.7 Å². The van der Waals surface area contributed by atoms with Gasteiger partial charge in [-0.3, -0.25) is 4.79 Å². The molecule has 1 aromatic heterocycles. The lowest BCUT2D eigenvalue weighted by Gasteiger charge is -1.86. The Labute approximate surface area is 60.5 Å². The predicted octanol–water partition coefficient (Wildman–Crippen LogP) is 0.860.